The van der Waals surface area contributed by atoms with Gasteiger partial charge >= 0.3 is 0 Å². The van der Waals surface area contributed by atoms with Crippen molar-refractivity contribution in [1.29, 1.82) is 0 Å². The first kappa shape index (κ1) is 11.4. The van der Waals surface area contributed by atoms with Gasteiger partial charge in [0.1, 0.15) is 0 Å². The largest absolute Gasteiger partial charge is 0.392 e. The summed E-state index contributed by atoms with van der Waals surface area (Å²) in [4.78, 5) is 0.320. The van der Waals surface area contributed by atoms with Gasteiger partial charge in [-0.1, -0.05) is 6.07 Å². The minimum atomic E-state index is -3.29. The molecule has 0 atom stereocenters. The predicted octanol–water partition coefficient (Wildman–Crippen LogP) is 1.16. The zero-order chi connectivity index (χ0) is 12.0. The fourth-order valence-electron chi connectivity index (χ4n) is 1.75. The predicted molar refractivity (Wildman–Crippen MR) is 62.1 cm³/mol. The number of fused-ring (bicyclic) bond motifs is 1. The third kappa shape index (κ3) is 1.51. The maximum atomic E-state index is 12.2. The SMILES string of the molecule is CC1(C)CNc2cc(CO)ccc2S1(=O)=O. The number of aliphatic hydroxyl groups is 1. The summed E-state index contributed by atoms with van der Waals surface area (Å²) in [6, 6.07) is 4.88. The molecule has 1 heterocycles. The third-order valence-electron chi connectivity index (χ3n) is 2.95. The molecule has 0 radical (unpaired) electrons. The molecule has 0 aliphatic carbocycles. The van der Waals surface area contributed by atoms with Crippen molar-refractivity contribution in [3.8, 4) is 0 Å². The molecule has 0 amide bonds. The van der Waals surface area contributed by atoms with Crippen LogP contribution in [0.1, 0.15) is 19.4 Å². The molecular formula is C11H15NO3S. The van der Waals surface area contributed by atoms with Gasteiger partial charge in [-0.25, -0.2) is 8.42 Å². The van der Waals surface area contributed by atoms with Crippen LogP contribution in [0.2, 0.25) is 0 Å². The highest BCUT2D eigenvalue weighted by atomic mass is 32.2. The molecule has 0 aromatic heterocycles. The van der Waals surface area contributed by atoms with Crippen LogP contribution in [0.4, 0.5) is 5.69 Å². The lowest BCUT2D eigenvalue weighted by atomic mass is 10.1. The van der Waals surface area contributed by atoms with Gasteiger partial charge in [0.05, 0.1) is 21.9 Å². The van der Waals surface area contributed by atoms with Gasteiger partial charge in [0, 0.05) is 6.54 Å². The Bertz CT molecular complexity index is 520. The van der Waals surface area contributed by atoms with Gasteiger partial charge in [-0.2, -0.15) is 0 Å². The quantitative estimate of drug-likeness (QED) is 0.774. The number of rotatable bonds is 1. The van der Waals surface area contributed by atoms with Crippen molar-refractivity contribution >= 4 is 15.5 Å². The van der Waals surface area contributed by atoms with Crippen LogP contribution in [-0.4, -0.2) is 24.8 Å². The van der Waals surface area contributed by atoms with Crippen LogP contribution in [0.5, 0.6) is 0 Å². The van der Waals surface area contributed by atoms with Gasteiger partial charge in [0.15, 0.2) is 9.84 Å². The van der Waals surface area contributed by atoms with Crippen LogP contribution >= 0.6 is 0 Å². The molecule has 1 aliphatic heterocycles. The Kier molecular flexibility index (Phi) is 2.47. The number of nitrogens with one attached hydrogen (secondary N) is 1. The van der Waals surface area contributed by atoms with Gasteiger partial charge in [-0.15, -0.1) is 0 Å². The summed E-state index contributed by atoms with van der Waals surface area (Å²) in [5.41, 5.74) is 1.30. The average Bonchev–Trinajstić information content (AvgIpc) is 2.24. The normalized spacial score (nSPS) is 20.9. The topological polar surface area (TPSA) is 66.4 Å². The van der Waals surface area contributed by atoms with Crippen molar-refractivity contribution in [1.82, 2.24) is 0 Å². The van der Waals surface area contributed by atoms with Gasteiger partial charge < -0.3 is 10.4 Å². The Balaban J connectivity index is 2.62. The maximum absolute atomic E-state index is 12.2. The van der Waals surface area contributed by atoms with Crippen LogP contribution in [0, 0.1) is 0 Å². The molecule has 88 valence electrons. The number of sulfone groups is 1. The van der Waals surface area contributed by atoms with Gasteiger partial charge in [0.25, 0.3) is 0 Å². The molecule has 16 heavy (non-hydrogen) atoms. The van der Waals surface area contributed by atoms with E-state index in [-0.39, 0.29) is 6.61 Å². The Labute approximate surface area is 95.2 Å². The maximum Gasteiger partial charge on any atom is 0.187 e. The van der Waals surface area contributed by atoms with E-state index in [1.165, 1.54) is 0 Å². The first-order valence-corrected chi connectivity index (χ1v) is 6.59. The van der Waals surface area contributed by atoms with Crippen LogP contribution in [-0.2, 0) is 16.4 Å². The second-order valence-corrected chi connectivity index (χ2v) is 7.16. The summed E-state index contributed by atoms with van der Waals surface area (Å²) < 4.78 is 23.7. The molecule has 1 aliphatic rings. The Morgan fingerprint density at radius 2 is 2.12 bits per heavy atom. The van der Waals surface area contributed by atoms with Crippen molar-refractivity contribution in [2.45, 2.75) is 30.1 Å². The number of aliphatic hydroxyl groups excluding tert-OH is 1. The summed E-state index contributed by atoms with van der Waals surface area (Å²) in [5, 5.41) is 12.1. The van der Waals surface area contributed by atoms with Gasteiger partial charge in [0.2, 0.25) is 0 Å². The zero-order valence-corrected chi connectivity index (χ0v) is 10.1. The summed E-state index contributed by atoms with van der Waals surface area (Å²) in [7, 11) is -3.29. The van der Waals surface area contributed by atoms with Crippen molar-refractivity contribution < 1.29 is 13.5 Å². The minimum Gasteiger partial charge on any atom is -0.392 e. The fraction of sp³-hybridized carbons (Fsp3) is 0.455. The van der Waals surface area contributed by atoms with E-state index in [1.807, 2.05) is 0 Å². The smallest absolute Gasteiger partial charge is 0.187 e. The molecule has 4 nitrogen and oxygen atoms in total. The highest BCUT2D eigenvalue weighted by Gasteiger charge is 2.40. The van der Waals surface area contributed by atoms with Crippen LogP contribution < -0.4 is 5.32 Å². The van der Waals surface area contributed by atoms with E-state index in [1.54, 1.807) is 32.0 Å². The number of anilines is 1. The molecule has 0 saturated heterocycles. The van der Waals surface area contributed by atoms with E-state index in [4.69, 9.17) is 5.11 Å². The second kappa shape index (κ2) is 3.46. The first-order valence-electron chi connectivity index (χ1n) is 5.11. The van der Waals surface area contributed by atoms with E-state index in [9.17, 15) is 8.42 Å². The molecular weight excluding hydrogens is 226 g/mol. The van der Waals surface area contributed by atoms with E-state index in [0.29, 0.717) is 22.7 Å². The van der Waals surface area contributed by atoms with Gasteiger partial charge in [-0.05, 0) is 31.5 Å². The second-order valence-electron chi connectivity index (χ2n) is 4.61. The summed E-state index contributed by atoms with van der Waals surface area (Å²) in [5.74, 6) is 0. The molecule has 2 N–H and O–H groups in total. The molecule has 1 aromatic carbocycles. The molecule has 0 saturated carbocycles. The van der Waals surface area contributed by atoms with Crippen LogP contribution in [0.3, 0.4) is 0 Å². The number of hydrogen-bond donors (Lipinski definition) is 2. The number of hydrogen-bond acceptors (Lipinski definition) is 4. The Morgan fingerprint density at radius 3 is 2.75 bits per heavy atom. The van der Waals surface area contributed by atoms with Crippen LogP contribution in [0.15, 0.2) is 23.1 Å². The standard InChI is InChI=1S/C11H15NO3S/c1-11(2)7-12-9-5-8(6-13)3-4-10(9)16(11,14)15/h3-5,12-13H,6-7H2,1-2H3. The van der Waals surface area contributed by atoms with Crippen molar-refractivity contribution in [3.05, 3.63) is 23.8 Å². The van der Waals surface area contributed by atoms with E-state index in [0.717, 1.165) is 0 Å². The highest BCUT2D eigenvalue weighted by Crippen LogP contribution is 2.35. The average molecular weight is 241 g/mol. The lowest BCUT2D eigenvalue weighted by molar-refractivity contribution is 0.282. The summed E-state index contributed by atoms with van der Waals surface area (Å²) in [6.45, 7) is 3.71. The van der Waals surface area contributed by atoms with E-state index in [2.05, 4.69) is 5.32 Å². The summed E-state index contributed by atoms with van der Waals surface area (Å²) >= 11 is 0. The van der Waals surface area contributed by atoms with E-state index >= 15 is 0 Å². The Hall–Kier alpha value is -1.07. The highest BCUT2D eigenvalue weighted by molar-refractivity contribution is 7.93. The molecule has 0 unspecified atom stereocenters. The molecule has 5 heteroatoms. The first-order chi connectivity index (χ1) is 7.38. The number of benzene rings is 1. The minimum absolute atomic E-state index is 0.0849. The lowest BCUT2D eigenvalue weighted by Crippen LogP contribution is -2.43. The zero-order valence-electron chi connectivity index (χ0n) is 9.32. The fourth-order valence-corrected chi connectivity index (χ4v) is 3.27. The third-order valence-corrected chi connectivity index (χ3v) is 5.48. The van der Waals surface area contributed by atoms with Crippen LogP contribution in [0.25, 0.3) is 0 Å². The van der Waals surface area contributed by atoms with Gasteiger partial charge in [-0.3, -0.25) is 0 Å². The van der Waals surface area contributed by atoms with E-state index < -0.39 is 14.6 Å². The summed E-state index contributed by atoms with van der Waals surface area (Å²) in [6.07, 6.45) is 0. The molecule has 1 aromatic rings. The molecule has 0 fully saturated rings. The molecule has 2 rings (SSSR count). The molecule has 0 bridgehead atoms. The molecule has 0 spiro atoms. The lowest BCUT2D eigenvalue weighted by Gasteiger charge is -2.32. The van der Waals surface area contributed by atoms with Crippen molar-refractivity contribution in [3.63, 3.8) is 0 Å². The Morgan fingerprint density at radius 1 is 1.44 bits per heavy atom. The van der Waals surface area contributed by atoms with Crippen molar-refractivity contribution in [2.75, 3.05) is 11.9 Å². The monoisotopic (exact) mass is 241 g/mol. The van der Waals surface area contributed by atoms with Crippen molar-refractivity contribution in [2.24, 2.45) is 0 Å².